The number of hydrogen-bond acceptors (Lipinski definition) is 4. The summed E-state index contributed by atoms with van der Waals surface area (Å²) in [6.45, 7) is 0. The van der Waals surface area contributed by atoms with E-state index < -0.39 is 0 Å². The van der Waals surface area contributed by atoms with E-state index in [4.69, 9.17) is 9.47 Å². The zero-order valence-corrected chi connectivity index (χ0v) is 11.5. The van der Waals surface area contributed by atoms with Gasteiger partial charge in [-0.3, -0.25) is 4.79 Å². The normalized spacial score (nSPS) is 14.1. The number of nitrogens with one attached hydrogen (secondary N) is 1. The van der Waals surface area contributed by atoms with Gasteiger partial charge >= 0.3 is 0 Å². The maximum Gasteiger partial charge on any atom is 0.251 e. The van der Waals surface area contributed by atoms with E-state index in [0.29, 0.717) is 23.2 Å². The van der Waals surface area contributed by atoms with Gasteiger partial charge in [-0.25, -0.2) is 4.98 Å². The Morgan fingerprint density at radius 2 is 2.00 bits per heavy atom. The van der Waals surface area contributed by atoms with Crippen LogP contribution in [0.4, 0.5) is 0 Å². The summed E-state index contributed by atoms with van der Waals surface area (Å²) in [6, 6.07) is 7.00. The number of aromatic amines is 1. The van der Waals surface area contributed by atoms with Gasteiger partial charge < -0.3 is 14.5 Å². The number of methoxy groups -OCH3 is 2. The Hall–Kier alpha value is -2.30. The first kappa shape index (κ1) is 12.7. The smallest absolute Gasteiger partial charge is 0.251 e. The number of hydrogen-bond donors (Lipinski definition) is 1. The summed E-state index contributed by atoms with van der Waals surface area (Å²) in [4.78, 5) is 19.1. The Morgan fingerprint density at radius 1 is 1.20 bits per heavy atom. The lowest BCUT2D eigenvalue weighted by atomic mass is 10.1. The highest BCUT2D eigenvalue weighted by atomic mass is 16.5. The highest BCUT2D eigenvalue weighted by molar-refractivity contribution is 5.66. The second-order valence-corrected chi connectivity index (χ2v) is 4.86. The van der Waals surface area contributed by atoms with Crippen molar-refractivity contribution in [3.63, 3.8) is 0 Å². The molecule has 1 aromatic carbocycles. The number of H-pyrrole nitrogens is 1. The molecule has 0 atom stereocenters. The van der Waals surface area contributed by atoms with Crippen molar-refractivity contribution in [2.75, 3.05) is 14.2 Å². The third kappa shape index (κ3) is 2.39. The van der Waals surface area contributed by atoms with E-state index in [-0.39, 0.29) is 5.56 Å². The Bertz CT molecular complexity index is 690. The average molecular weight is 272 g/mol. The van der Waals surface area contributed by atoms with E-state index in [1.54, 1.807) is 26.4 Å². The van der Waals surface area contributed by atoms with Crippen LogP contribution in [0.3, 0.4) is 0 Å². The topological polar surface area (TPSA) is 64.2 Å². The molecular weight excluding hydrogens is 256 g/mol. The standard InChI is InChI=1S/C15H16N2O3/c1-19-10-5-6-13(20-2)11(7-10)15-16-12(9-3-4-9)8-14(18)17-15/h5-9H,3-4H2,1-2H3,(H,16,17,18). The zero-order chi connectivity index (χ0) is 14.1. The van der Waals surface area contributed by atoms with E-state index >= 15 is 0 Å². The summed E-state index contributed by atoms with van der Waals surface area (Å²) >= 11 is 0. The number of nitrogens with zero attached hydrogens (tertiary/aromatic N) is 1. The Labute approximate surface area is 116 Å². The molecule has 2 aromatic rings. The molecule has 5 nitrogen and oxygen atoms in total. The molecule has 0 saturated heterocycles. The summed E-state index contributed by atoms with van der Waals surface area (Å²) in [5.41, 5.74) is 1.45. The highest BCUT2D eigenvalue weighted by Gasteiger charge is 2.26. The summed E-state index contributed by atoms with van der Waals surface area (Å²) in [7, 11) is 3.19. The fourth-order valence-electron chi connectivity index (χ4n) is 2.19. The molecule has 1 N–H and O–H groups in total. The fourth-order valence-corrected chi connectivity index (χ4v) is 2.19. The van der Waals surface area contributed by atoms with Crippen molar-refractivity contribution in [2.24, 2.45) is 0 Å². The van der Waals surface area contributed by atoms with Crippen molar-refractivity contribution >= 4 is 0 Å². The molecule has 3 rings (SSSR count). The lowest BCUT2D eigenvalue weighted by Crippen LogP contribution is -2.10. The van der Waals surface area contributed by atoms with Crippen LogP contribution >= 0.6 is 0 Å². The average Bonchev–Trinajstić information content (AvgIpc) is 3.30. The van der Waals surface area contributed by atoms with Crippen molar-refractivity contribution in [3.05, 3.63) is 40.3 Å². The second kappa shape index (κ2) is 5.00. The van der Waals surface area contributed by atoms with Gasteiger partial charge in [-0.15, -0.1) is 0 Å². The Balaban J connectivity index is 2.13. The third-order valence-electron chi connectivity index (χ3n) is 3.42. The van der Waals surface area contributed by atoms with Crippen LogP contribution in [0.2, 0.25) is 0 Å². The molecule has 1 fully saturated rings. The summed E-state index contributed by atoms with van der Waals surface area (Å²) in [5.74, 6) is 2.30. The van der Waals surface area contributed by atoms with Crippen LogP contribution < -0.4 is 15.0 Å². The van der Waals surface area contributed by atoms with Crippen LogP contribution in [0.1, 0.15) is 24.5 Å². The lowest BCUT2D eigenvalue weighted by Gasteiger charge is -2.10. The van der Waals surface area contributed by atoms with Gasteiger partial charge in [0, 0.05) is 12.0 Å². The molecule has 0 unspecified atom stereocenters. The summed E-state index contributed by atoms with van der Waals surface area (Å²) in [5, 5.41) is 0. The minimum Gasteiger partial charge on any atom is -0.497 e. The Kier molecular flexibility index (Phi) is 3.18. The van der Waals surface area contributed by atoms with Gasteiger partial charge in [0.1, 0.15) is 17.3 Å². The number of benzene rings is 1. The maximum atomic E-state index is 11.8. The van der Waals surface area contributed by atoms with Crippen LogP contribution in [0.25, 0.3) is 11.4 Å². The largest absolute Gasteiger partial charge is 0.497 e. The minimum absolute atomic E-state index is 0.137. The van der Waals surface area contributed by atoms with Crippen LogP contribution in [0.15, 0.2) is 29.1 Å². The molecule has 0 spiro atoms. The van der Waals surface area contributed by atoms with Crippen molar-refractivity contribution in [2.45, 2.75) is 18.8 Å². The van der Waals surface area contributed by atoms with Gasteiger partial charge in [-0.2, -0.15) is 0 Å². The van der Waals surface area contributed by atoms with Gasteiger partial charge in [0.25, 0.3) is 5.56 Å². The molecule has 0 amide bonds. The van der Waals surface area contributed by atoms with Gasteiger partial charge in [-0.05, 0) is 31.0 Å². The fraction of sp³-hybridized carbons (Fsp3) is 0.333. The zero-order valence-electron chi connectivity index (χ0n) is 11.5. The predicted molar refractivity (Wildman–Crippen MR) is 75.4 cm³/mol. The molecular formula is C15H16N2O3. The van der Waals surface area contributed by atoms with Crippen molar-refractivity contribution in [1.29, 1.82) is 0 Å². The van der Waals surface area contributed by atoms with E-state index in [1.165, 1.54) is 0 Å². The third-order valence-corrected chi connectivity index (χ3v) is 3.42. The van der Waals surface area contributed by atoms with Gasteiger partial charge in [0.15, 0.2) is 0 Å². The van der Waals surface area contributed by atoms with E-state index in [9.17, 15) is 4.79 Å². The molecule has 1 aromatic heterocycles. The molecule has 0 bridgehead atoms. The molecule has 1 aliphatic carbocycles. The summed E-state index contributed by atoms with van der Waals surface area (Å²) < 4.78 is 10.6. The van der Waals surface area contributed by atoms with Gasteiger partial charge in [0.05, 0.1) is 25.5 Å². The van der Waals surface area contributed by atoms with Crippen molar-refractivity contribution < 1.29 is 9.47 Å². The number of aromatic nitrogens is 2. The molecule has 0 aliphatic heterocycles. The molecule has 0 radical (unpaired) electrons. The molecule has 1 aliphatic rings. The first-order valence-corrected chi connectivity index (χ1v) is 6.55. The van der Waals surface area contributed by atoms with Crippen molar-refractivity contribution in [3.8, 4) is 22.9 Å². The van der Waals surface area contributed by atoms with Crippen LogP contribution in [0.5, 0.6) is 11.5 Å². The number of ether oxygens (including phenoxy) is 2. The summed E-state index contributed by atoms with van der Waals surface area (Å²) in [6.07, 6.45) is 2.20. The lowest BCUT2D eigenvalue weighted by molar-refractivity contribution is 0.404. The van der Waals surface area contributed by atoms with Crippen LogP contribution in [-0.4, -0.2) is 24.2 Å². The van der Waals surface area contributed by atoms with Gasteiger partial charge in [0.2, 0.25) is 0 Å². The molecule has 104 valence electrons. The maximum absolute atomic E-state index is 11.8. The van der Waals surface area contributed by atoms with Gasteiger partial charge in [-0.1, -0.05) is 0 Å². The second-order valence-electron chi connectivity index (χ2n) is 4.86. The molecule has 1 saturated carbocycles. The first-order chi connectivity index (χ1) is 9.71. The Morgan fingerprint density at radius 3 is 2.65 bits per heavy atom. The van der Waals surface area contributed by atoms with E-state index in [1.807, 2.05) is 12.1 Å². The molecule has 20 heavy (non-hydrogen) atoms. The SMILES string of the molecule is COc1ccc(OC)c(-c2nc(C3CC3)cc(=O)[nH]2)c1. The van der Waals surface area contributed by atoms with E-state index in [2.05, 4.69) is 9.97 Å². The first-order valence-electron chi connectivity index (χ1n) is 6.55. The quantitative estimate of drug-likeness (QED) is 0.927. The van der Waals surface area contributed by atoms with Crippen LogP contribution in [-0.2, 0) is 0 Å². The minimum atomic E-state index is -0.137. The molecule has 1 heterocycles. The predicted octanol–water partition coefficient (Wildman–Crippen LogP) is 2.33. The van der Waals surface area contributed by atoms with E-state index in [0.717, 1.165) is 24.1 Å². The molecule has 5 heteroatoms. The van der Waals surface area contributed by atoms with Crippen LogP contribution in [0, 0.1) is 0 Å². The monoisotopic (exact) mass is 272 g/mol. The number of rotatable bonds is 4. The highest BCUT2D eigenvalue weighted by Crippen LogP contribution is 2.39. The van der Waals surface area contributed by atoms with Crippen molar-refractivity contribution in [1.82, 2.24) is 9.97 Å².